The first-order valence-corrected chi connectivity index (χ1v) is 10.8. The SMILES string of the molecule is CCCCN(Cc1cccn1C)C(=O)CN(C(=O)Nc1cccc(Br)c1)C(C)C. The minimum Gasteiger partial charge on any atom is -0.353 e. The number of nitrogens with one attached hydrogen (secondary N) is 1. The Morgan fingerprint density at radius 1 is 1.21 bits per heavy atom. The summed E-state index contributed by atoms with van der Waals surface area (Å²) >= 11 is 3.41. The van der Waals surface area contributed by atoms with Gasteiger partial charge in [-0.3, -0.25) is 4.79 Å². The maximum atomic E-state index is 13.1. The Balaban J connectivity index is 2.09. The number of carbonyl (C=O) groups is 2. The third-order valence-corrected chi connectivity index (χ3v) is 5.30. The van der Waals surface area contributed by atoms with E-state index >= 15 is 0 Å². The molecule has 1 aromatic heterocycles. The van der Waals surface area contributed by atoms with Gasteiger partial charge in [0.15, 0.2) is 0 Å². The Bertz CT molecular complexity index is 819. The summed E-state index contributed by atoms with van der Waals surface area (Å²) in [5, 5.41) is 2.89. The van der Waals surface area contributed by atoms with E-state index in [0.29, 0.717) is 18.8 Å². The van der Waals surface area contributed by atoms with Gasteiger partial charge in [0, 0.05) is 41.7 Å². The summed E-state index contributed by atoms with van der Waals surface area (Å²) in [6, 6.07) is 11.0. The highest BCUT2D eigenvalue weighted by Gasteiger charge is 2.24. The molecular formula is C22H31BrN4O2. The number of halogens is 1. The third-order valence-electron chi connectivity index (χ3n) is 4.80. The normalized spacial score (nSPS) is 10.8. The molecule has 2 aromatic rings. The number of urea groups is 1. The average molecular weight is 463 g/mol. The molecule has 7 heteroatoms. The zero-order chi connectivity index (χ0) is 21.4. The second kappa shape index (κ2) is 11.0. The minimum absolute atomic E-state index is 0.0438. The largest absolute Gasteiger partial charge is 0.353 e. The van der Waals surface area contributed by atoms with Crippen LogP contribution in [0.2, 0.25) is 0 Å². The molecule has 0 aliphatic heterocycles. The monoisotopic (exact) mass is 462 g/mol. The van der Waals surface area contributed by atoms with Crippen molar-refractivity contribution in [2.45, 2.75) is 46.2 Å². The predicted molar refractivity (Wildman–Crippen MR) is 121 cm³/mol. The first-order valence-electron chi connectivity index (χ1n) is 10.0. The smallest absolute Gasteiger partial charge is 0.322 e. The standard InChI is InChI=1S/C22H31BrN4O2/c1-5-6-13-26(15-20-11-8-12-25(20)4)21(28)16-27(17(2)3)22(29)24-19-10-7-9-18(23)14-19/h7-12,14,17H,5-6,13,15-16H2,1-4H3,(H,24,29). The molecule has 1 aromatic carbocycles. The van der Waals surface area contributed by atoms with Gasteiger partial charge in [0.25, 0.3) is 0 Å². The van der Waals surface area contributed by atoms with Crippen LogP contribution in [0.3, 0.4) is 0 Å². The predicted octanol–water partition coefficient (Wildman–Crippen LogP) is 4.86. The van der Waals surface area contributed by atoms with Crippen LogP contribution in [0.25, 0.3) is 0 Å². The van der Waals surface area contributed by atoms with E-state index in [2.05, 4.69) is 28.2 Å². The van der Waals surface area contributed by atoms with Crippen LogP contribution in [0, 0.1) is 0 Å². The van der Waals surface area contributed by atoms with Gasteiger partial charge in [-0.2, -0.15) is 0 Å². The van der Waals surface area contributed by atoms with Crippen molar-refractivity contribution in [1.82, 2.24) is 14.4 Å². The first-order chi connectivity index (χ1) is 13.8. The summed E-state index contributed by atoms with van der Waals surface area (Å²) in [5.41, 5.74) is 1.76. The number of rotatable bonds is 9. The third kappa shape index (κ3) is 6.92. The average Bonchev–Trinajstić information content (AvgIpc) is 3.07. The van der Waals surface area contributed by atoms with Gasteiger partial charge in [0.2, 0.25) is 5.91 Å². The van der Waals surface area contributed by atoms with Crippen LogP contribution >= 0.6 is 15.9 Å². The maximum absolute atomic E-state index is 13.1. The molecule has 0 saturated heterocycles. The van der Waals surface area contributed by atoms with Crippen LogP contribution < -0.4 is 5.32 Å². The number of aromatic nitrogens is 1. The van der Waals surface area contributed by atoms with E-state index in [9.17, 15) is 9.59 Å². The van der Waals surface area contributed by atoms with Gasteiger partial charge < -0.3 is 19.7 Å². The highest BCUT2D eigenvalue weighted by atomic mass is 79.9. The molecular weight excluding hydrogens is 432 g/mol. The molecule has 1 heterocycles. The Morgan fingerprint density at radius 2 is 1.97 bits per heavy atom. The molecule has 0 fully saturated rings. The lowest BCUT2D eigenvalue weighted by Crippen LogP contribution is -2.47. The van der Waals surface area contributed by atoms with Crippen LogP contribution in [0.15, 0.2) is 47.1 Å². The number of hydrogen-bond acceptors (Lipinski definition) is 2. The van der Waals surface area contributed by atoms with E-state index in [0.717, 1.165) is 23.0 Å². The first kappa shape index (κ1) is 23.0. The number of unbranched alkanes of at least 4 members (excludes halogenated alkanes) is 1. The van der Waals surface area contributed by atoms with Gasteiger partial charge in [0.1, 0.15) is 6.54 Å². The zero-order valence-corrected chi connectivity index (χ0v) is 19.3. The van der Waals surface area contributed by atoms with Crippen LogP contribution in [0.1, 0.15) is 39.3 Å². The molecule has 158 valence electrons. The van der Waals surface area contributed by atoms with E-state index in [4.69, 9.17) is 0 Å². The summed E-state index contributed by atoms with van der Waals surface area (Å²) in [7, 11) is 1.98. The number of carbonyl (C=O) groups excluding carboxylic acids is 2. The fourth-order valence-corrected chi connectivity index (χ4v) is 3.39. The summed E-state index contributed by atoms with van der Waals surface area (Å²) in [4.78, 5) is 29.4. The summed E-state index contributed by atoms with van der Waals surface area (Å²) in [6.07, 6.45) is 3.92. The van der Waals surface area contributed by atoms with Crippen molar-refractivity contribution >= 4 is 33.6 Å². The lowest BCUT2D eigenvalue weighted by Gasteiger charge is -2.30. The van der Waals surface area contributed by atoms with Crippen LogP contribution in [-0.4, -0.2) is 45.4 Å². The Kier molecular flexibility index (Phi) is 8.76. The molecule has 0 spiro atoms. The van der Waals surface area contributed by atoms with Crippen LogP contribution in [-0.2, 0) is 18.4 Å². The fraction of sp³-hybridized carbons (Fsp3) is 0.455. The Morgan fingerprint density at radius 3 is 2.55 bits per heavy atom. The van der Waals surface area contributed by atoms with E-state index in [1.807, 2.05) is 73.0 Å². The van der Waals surface area contributed by atoms with Crippen molar-refractivity contribution in [3.8, 4) is 0 Å². The van der Waals surface area contributed by atoms with E-state index in [-0.39, 0.29) is 24.5 Å². The van der Waals surface area contributed by atoms with E-state index in [1.54, 1.807) is 4.90 Å². The van der Waals surface area contributed by atoms with Gasteiger partial charge in [0.05, 0.1) is 6.54 Å². The zero-order valence-electron chi connectivity index (χ0n) is 17.7. The molecule has 3 amide bonds. The van der Waals surface area contributed by atoms with E-state index in [1.165, 1.54) is 0 Å². The number of benzene rings is 1. The molecule has 0 atom stereocenters. The number of anilines is 1. The second-order valence-corrected chi connectivity index (χ2v) is 8.36. The second-order valence-electron chi connectivity index (χ2n) is 7.44. The number of amides is 3. The van der Waals surface area contributed by atoms with Crippen molar-refractivity contribution in [1.29, 1.82) is 0 Å². The van der Waals surface area contributed by atoms with Crippen molar-refractivity contribution in [3.63, 3.8) is 0 Å². The molecule has 6 nitrogen and oxygen atoms in total. The quantitative estimate of drug-likeness (QED) is 0.578. The topological polar surface area (TPSA) is 57.6 Å². The number of aryl methyl sites for hydroxylation is 1. The fourth-order valence-electron chi connectivity index (χ4n) is 2.99. The number of nitrogens with zero attached hydrogens (tertiary/aromatic N) is 3. The molecule has 2 rings (SSSR count). The highest BCUT2D eigenvalue weighted by Crippen LogP contribution is 2.17. The van der Waals surface area contributed by atoms with Crippen LogP contribution in [0.5, 0.6) is 0 Å². The molecule has 0 aliphatic carbocycles. The van der Waals surface area contributed by atoms with Gasteiger partial charge >= 0.3 is 6.03 Å². The Labute approximate surface area is 182 Å². The Hall–Kier alpha value is -2.28. The molecule has 29 heavy (non-hydrogen) atoms. The highest BCUT2D eigenvalue weighted by molar-refractivity contribution is 9.10. The van der Waals surface area contributed by atoms with Crippen molar-refractivity contribution in [2.24, 2.45) is 7.05 Å². The maximum Gasteiger partial charge on any atom is 0.322 e. The van der Waals surface area contributed by atoms with Crippen molar-refractivity contribution in [3.05, 3.63) is 52.8 Å². The van der Waals surface area contributed by atoms with Gasteiger partial charge in [-0.1, -0.05) is 35.3 Å². The summed E-state index contributed by atoms with van der Waals surface area (Å²) < 4.78 is 2.91. The van der Waals surface area contributed by atoms with Crippen molar-refractivity contribution < 1.29 is 9.59 Å². The molecule has 0 unspecified atom stereocenters. The minimum atomic E-state index is -0.277. The van der Waals surface area contributed by atoms with E-state index < -0.39 is 0 Å². The number of hydrogen-bond donors (Lipinski definition) is 1. The van der Waals surface area contributed by atoms with Crippen LogP contribution in [0.4, 0.5) is 10.5 Å². The molecule has 0 saturated carbocycles. The summed E-state index contributed by atoms with van der Waals surface area (Å²) in [5.74, 6) is -0.0438. The van der Waals surface area contributed by atoms with Gasteiger partial charge in [-0.15, -0.1) is 0 Å². The molecule has 0 bridgehead atoms. The molecule has 0 aliphatic rings. The van der Waals surface area contributed by atoms with Gasteiger partial charge in [-0.05, 0) is 50.6 Å². The van der Waals surface area contributed by atoms with Crippen molar-refractivity contribution in [2.75, 3.05) is 18.4 Å². The van der Waals surface area contributed by atoms with Gasteiger partial charge in [-0.25, -0.2) is 4.79 Å². The molecule has 1 N–H and O–H groups in total. The lowest BCUT2D eigenvalue weighted by molar-refractivity contribution is -0.132. The lowest BCUT2D eigenvalue weighted by atomic mass is 10.2. The summed E-state index contributed by atoms with van der Waals surface area (Å²) in [6.45, 7) is 7.21. The molecule has 0 radical (unpaired) electrons.